The van der Waals surface area contributed by atoms with Crippen molar-refractivity contribution in [3.05, 3.63) is 12.7 Å². The molecule has 84 valence electrons. The van der Waals surface area contributed by atoms with E-state index in [9.17, 15) is 13.2 Å². The third-order valence-electron chi connectivity index (χ3n) is 3.64. The van der Waals surface area contributed by atoms with E-state index in [1.54, 1.807) is 6.08 Å². The SMILES string of the molecule is C=CCC(=O)C1CC2CCC(C1)S2(=O)=O. The molecule has 2 bridgehead atoms. The molecular formula is C11H16O3S. The van der Waals surface area contributed by atoms with Crippen molar-refractivity contribution < 1.29 is 13.2 Å². The van der Waals surface area contributed by atoms with Crippen LogP contribution in [-0.4, -0.2) is 24.7 Å². The summed E-state index contributed by atoms with van der Waals surface area (Å²) in [6, 6.07) is 0. The van der Waals surface area contributed by atoms with Gasteiger partial charge in [0, 0.05) is 12.3 Å². The van der Waals surface area contributed by atoms with Gasteiger partial charge in [0.1, 0.15) is 5.78 Å². The molecule has 2 atom stereocenters. The molecule has 0 N–H and O–H groups in total. The largest absolute Gasteiger partial charge is 0.299 e. The molecule has 0 saturated carbocycles. The van der Waals surface area contributed by atoms with Crippen molar-refractivity contribution in [2.24, 2.45) is 5.92 Å². The fourth-order valence-electron chi connectivity index (χ4n) is 2.78. The zero-order valence-electron chi connectivity index (χ0n) is 8.69. The Balaban J connectivity index is 2.12. The molecule has 15 heavy (non-hydrogen) atoms. The normalized spacial score (nSPS) is 37.5. The van der Waals surface area contributed by atoms with Crippen LogP contribution in [-0.2, 0) is 14.6 Å². The van der Waals surface area contributed by atoms with Gasteiger partial charge in [-0.15, -0.1) is 6.58 Å². The maximum absolute atomic E-state index is 11.8. The van der Waals surface area contributed by atoms with Crippen LogP contribution < -0.4 is 0 Å². The van der Waals surface area contributed by atoms with Gasteiger partial charge in [0.05, 0.1) is 10.5 Å². The molecule has 0 aromatic carbocycles. The molecule has 2 aliphatic rings. The molecule has 2 heterocycles. The number of sulfone groups is 1. The molecule has 2 aliphatic heterocycles. The summed E-state index contributed by atoms with van der Waals surface area (Å²) in [5, 5.41) is -0.481. The quantitative estimate of drug-likeness (QED) is 0.688. The Hall–Kier alpha value is -0.640. The third-order valence-corrected chi connectivity index (χ3v) is 6.35. The Labute approximate surface area is 90.5 Å². The molecular weight excluding hydrogens is 212 g/mol. The van der Waals surface area contributed by atoms with Crippen LogP contribution in [0.1, 0.15) is 32.1 Å². The second-order valence-electron chi connectivity index (χ2n) is 4.54. The summed E-state index contributed by atoms with van der Waals surface area (Å²) in [5.41, 5.74) is 0. The molecule has 0 aromatic heterocycles. The van der Waals surface area contributed by atoms with E-state index in [4.69, 9.17) is 0 Å². The van der Waals surface area contributed by atoms with E-state index in [1.165, 1.54) is 0 Å². The minimum absolute atomic E-state index is 0.0379. The number of ketones is 1. The number of Topliss-reactive ketones (excluding diaryl/α,β-unsaturated/α-hetero) is 1. The topological polar surface area (TPSA) is 51.2 Å². The van der Waals surface area contributed by atoms with E-state index in [0.29, 0.717) is 19.3 Å². The summed E-state index contributed by atoms with van der Waals surface area (Å²) in [5.74, 6) is 0.126. The summed E-state index contributed by atoms with van der Waals surface area (Å²) in [6.07, 6.45) is 4.59. The lowest BCUT2D eigenvalue weighted by Crippen LogP contribution is -2.35. The summed E-state index contributed by atoms with van der Waals surface area (Å²) in [7, 11) is -2.89. The first-order chi connectivity index (χ1) is 7.05. The summed E-state index contributed by atoms with van der Waals surface area (Å²) in [6.45, 7) is 3.54. The highest BCUT2D eigenvalue weighted by Crippen LogP contribution is 2.41. The minimum atomic E-state index is -2.89. The van der Waals surface area contributed by atoms with Gasteiger partial charge in [-0.2, -0.15) is 0 Å². The number of rotatable bonds is 3. The number of hydrogen-bond donors (Lipinski definition) is 0. The molecule has 0 aliphatic carbocycles. The summed E-state index contributed by atoms with van der Waals surface area (Å²) >= 11 is 0. The average Bonchev–Trinajstić information content (AvgIpc) is 2.42. The highest BCUT2D eigenvalue weighted by Gasteiger charge is 2.48. The van der Waals surface area contributed by atoms with Crippen LogP contribution in [0.25, 0.3) is 0 Å². The van der Waals surface area contributed by atoms with Crippen molar-refractivity contribution in [1.29, 1.82) is 0 Å². The molecule has 2 saturated heterocycles. The van der Waals surface area contributed by atoms with Gasteiger partial charge >= 0.3 is 0 Å². The van der Waals surface area contributed by atoms with Crippen molar-refractivity contribution >= 4 is 15.6 Å². The van der Waals surface area contributed by atoms with Gasteiger partial charge in [-0.3, -0.25) is 4.79 Å². The monoisotopic (exact) mass is 228 g/mol. The van der Waals surface area contributed by atoms with Crippen molar-refractivity contribution in [2.75, 3.05) is 0 Å². The average molecular weight is 228 g/mol. The second-order valence-corrected chi connectivity index (χ2v) is 7.05. The van der Waals surface area contributed by atoms with Crippen molar-refractivity contribution in [3.8, 4) is 0 Å². The molecule has 0 radical (unpaired) electrons. The first kappa shape index (κ1) is 10.9. The first-order valence-corrected chi connectivity index (χ1v) is 7.03. The second kappa shape index (κ2) is 3.74. The zero-order chi connectivity index (χ0) is 11.1. The van der Waals surface area contributed by atoms with Crippen LogP contribution >= 0.6 is 0 Å². The predicted molar refractivity (Wildman–Crippen MR) is 58.3 cm³/mol. The number of carbonyl (C=O) groups is 1. The van der Waals surface area contributed by atoms with Crippen molar-refractivity contribution in [2.45, 2.75) is 42.6 Å². The Bertz CT molecular complexity index is 363. The molecule has 2 rings (SSSR count). The Morgan fingerprint density at radius 2 is 1.80 bits per heavy atom. The van der Waals surface area contributed by atoms with E-state index < -0.39 is 9.84 Å². The third kappa shape index (κ3) is 1.75. The fraction of sp³-hybridized carbons (Fsp3) is 0.727. The van der Waals surface area contributed by atoms with Gasteiger partial charge in [-0.05, 0) is 25.7 Å². The molecule has 3 nitrogen and oxygen atoms in total. The van der Waals surface area contributed by atoms with Gasteiger partial charge in [-0.25, -0.2) is 8.42 Å². The van der Waals surface area contributed by atoms with Crippen LogP contribution in [0.4, 0.5) is 0 Å². The number of hydrogen-bond acceptors (Lipinski definition) is 3. The van der Waals surface area contributed by atoms with Gasteiger partial charge < -0.3 is 0 Å². The van der Waals surface area contributed by atoms with Crippen molar-refractivity contribution in [1.82, 2.24) is 0 Å². The van der Waals surface area contributed by atoms with Crippen LogP contribution in [0.2, 0.25) is 0 Å². The highest BCUT2D eigenvalue weighted by atomic mass is 32.2. The van der Waals surface area contributed by atoms with Crippen LogP contribution in [0.15, 0.2) is 12.7 Å². The number of carbonyl (C=O) groups excluding carboxylic acids is 1. The number of fused-ring (bicyclic) bond motifs is 2. The molecule has 2 unspecified atom stereocenters. The smallest absolute Gasteiger partial charge is 0.156 e. The van der Waals surface area contributed by atoms with E-state index in [-0.39, 0.29) is 22.2 Å². The molecule has 4 heteroatoms. The Morgan fingerprint density at radius 1 is 1.27 bits per heavy atom. The highest BCUT2D eigenvalue weighted by molar-refractivity contribution is 7.93. The van der Waals surface area contributed by atoms with Gasteiger partial charge in [0.2, 0.25) is 0 Å². The summed E-state index contributed by atoms with van der Waals surface area (Å²) < 4.78 is 23.5. The lowest BCUT2D eigenvalue weighted by molar-refractivity contribution is -0.122. The maximum Gasteiger partial charge on any atom is 0.156 e. The molecule has 0 aromatic rings. The maximum atomic E-state index is 11.8. The molecule has 0 amide bonds. The van der Waals surface area contributed by atoms with E-state index in [0.717, 1.165) is 12.8 Å². The Kier molecular flexibility index (Phi) is 2.71. The van der Waals surface area contributed by atoms with Crippen molar-refractivity contribution in [3.63, 3.8) is 0 Å². The fourth-order valence-corrected chi connectivity index (χ4v) is 5.25. The number of allylic oxidation sites excluding steroid dienone is 1. The Morgan fingerprint density at radius 3 is 2.27 bits per heavy atom. The molecule has 0 spiro atoms. The van der Waals surface area contributed by atoms with Gasteiger partial charge in [0.15, 0.2) is 9.84 Å². The zero-order valence-corrected chi connectivity index (χ0v) is 9.50. The van der Waals surface area contributed by atoms with Gasteiger partial charge in [0.25, 0.3) is 0 Å². The van der Waals surface area contributed by atoms with Crippen LogP contribution in [0.3, 0.4) is 0 Å². The van der Waals surface area contributed by atoms with E-state index in [1.807, 2.05) is 0 Å². The lowest BCUT2D eigenvalue weighted by Gasteiger charge is -2.26. The predicted octanol–water partition coefficient (Wildman–Crippen LogP) is 1.49. The van der Waals surface area contributed by atoms with Crippen LogP contribution in [0.5, 0.6) is 0 Å². The minimum Gasteiger partial charge on any atom is -0.299 e. The van der Waals surface area contributed by atoms with E-state index >= 15 is 0 Å². The first-order valence-electron chi connectivity index (χ1n) is 5.42. The molecule has 2 fully saturated rings. The van der Waals surface area contributed by atoms with E-state index in [2.05, 4.69) is 6.58 Å². The standard InChI is InChI=1S/C11H16O3S/c1-2-3-11(12)8-6-9-4-5-10(7-8)15(9,13)14/h2,8-10H,1,3-7H2. The lowest BCUT2D eigenvalue weighted by atomic mass is 9.93. The van der Waals surface area contributed by atoms with Crippen LogP contribution in [0, 0.1) is 5.92 Å². The van der Waals surface area contributed by atoms with Gasteiger partial charge in [-0.1, -0.05) is 6.08 Å². The summed E-state index contributed by atoms with van der Waals surface area (Å²) in [4.78, 5) is 11.7.